The number of nitrogens with zero attached hydrogens (tertiary/aromatic N) is 2. The van der Waals surface area contributed by atoms with Crippen LogP contribution in [-0.2, 0) is 19.9 Å². The number of likely N-dealkylation sites (tertiary alicyclic amines) is 1. The van der Waals surface area contributed by atoms with Gasteiger partial charge in [0.1, 0.15) is 17.8 Å². The molecule has 2 aliphatic rings. The van der Waals surface area contributed by atoms with Crippen LogP contribution in [-0.4, -0.2) is 65.5 Å². The van der Waals surface area contributed by atoms with Crippen molar-refractivity contribution in [2.75, 3.05) is 26.7 Å². The van der Waals surface area contributed by atoms with Gasteiger partial charge in [-0.1, -0.05) is 12.1 Å². The number of hydrogen-bond acceptors (Lipinski definition) is 5. The zero-order chi connectivity index (χ0) is 20.5. The number of carboxylic acids is 1. The van der Waals surface area contributed by atoms with Gasteiger partial charge in [-0.25, -0.2) is 4.79 Å². The van der Waals surface area contributed by atoms with E-state index in [-0.39, 0.29) is 6.54 Å². The van der Waals surface area contributed by atoms with E-state index in [4.69, 9.17) is 9.84 Å². The van der Waals surface area contributed by atoms with Crippen molar-refractivity contribution in [2.24, 2.45) is 5.92 Å². The molecule has 2 unspecified atom stereocenters. The van der Waals surface area contributed by atoms with Gasteiger partial charge in [0.15, 0.2) is 0 Å². The number of imide groups is 1. The molecule has 9 heteroatoms. The molecule has 0 saturated carbocycles. The number of urea groups is 1. The van der Waals surface area contributed by atoms with E-state index in [0.29, 0.717) is 30.7 Å². The normalized spacial score (nSPS) is 24.9. The Morgan fingerprint density at radius 1 is 1.29 bits per heavy atom. The van der Waals surface area contributed by atoms with Gasteiger partial charge in [0.25, 0.3) is 5.91 Å². The molecule has 150 valence electrons. The minimum absolute atomic E-state index is 0.0908. The Balaban J connectivity index is 1.72. The first-order chi connectivity index (χ1) is 13.3. The first-order valence-corrected chi connectivity index (χ1v) is 9.05. The standard InChI is InChI=1S/C19H23N3O6/c1-19(13-5-7-14(28-2)8-6-13)17(26)22(18(27)20-19)11-15(23)21-9-3-4-12(10-21)16(24)25/h5-8,12H,3-4,9-11H2,1-2H3,(H,20,27)(H,24,25). The summed E-state index contributed by atoms with van der Waals surface area (Å²) in [6.45, 7) is 1.68. The lowest BCUT2D eigenvalue weighted by molar-refractivity contribution is -0.147. The summed E-state index contributed by atoms with van der Waals surface area (Å²) in [6, 6.07) is 6.10. The molecule has 0 aromatic heterocycles. The molecular weight excluding hydrogens is 366 g/mol. The van der Waals surface area contributed by atoms with E-state index in [1.807, 2.05) is 0 Å². The number of piperidine rings is 1. The summed E-state index contributed by atoms with van der Waals surface area (Å²) in [7, 11) is 1.53. The van der Waals surface area contributed by atoms with Crippen LogP contribution in [0.25, 0.3) is 0 Å². The van der Waals surface area contributed by atoms with Crippen LogP contribution < -0.4 is 10.1 Å². The van der Waals surface area contributed by atoms with Gasteiger partial charge in [0.2, 0.25) is 5.91 Å². The highest BCUT2D eigenvalue weighted by Gasteiger charge is 2.49. The second-order valence-electron chi connectivity index (χ2n) is 7.19. The van der Waals surface area contributed by atoms with Gasteiger partial charge < -0.3 is 20.1 Å². The Hall–Kier alpha value is -3.10. The quantitative estimate of drug-likeness (QED) is 0.719. The minimum atomic E-state index is -1.28. The van der Waals surface area contributed by atoms with Crippen molar-refractivity contribution in [3.05, 3.63) is 29.8 Å². The van der Waals surface area contributed by atoms with Crippen LogP contribution in [0.15, 0.2) is 24.3 Å². The van der Waals surface area contributed by atoms with E-state index >= 15 is 0 Å². The summed E-state index contributed by atoms with van der Waals surface area (Å²) in [5.41, 5.74) is -0.708. The molecule has 2 heterocycles. The Kier molecular flexibility index (Phi) is 5.26. The minimum Gasteiger partial charge on any atom is -0.497 e. The largest absolute Gasteiger partial charge is 0.497 e. The van der Waals surface area contributed by atoms with Crippen molar-refractivity contribution in [2.45, 2.75) is 25.3 Å². The summed E-state index contributed by atoms with van der Waals surface area (Å²) in [5, 5.41) is 11.8. The van der Waals surface area contributed by atoms with Gasteiger partial charge in [-0.05, 0) is 37.5 Å². The lowest BCUT2D eigenvalue weighted by atomic mass is 9.92. The number of ether oxygens (including phenoxy) is 1. The van der Waals surface area contributed by atoms with Crippen LogP contribution in [0, 0.1) is 5.92 Å². The third-order valence-electron chi connectivity index (χ3n) is 5.36. The Morgan fingerprint density at radius 2 is 1.96 bits per heavy atom. The fraction of sp³-hybridized carbons (Fsp3) is 0.474. The number of rotatable bonds is 5. The second-order valence-corrected chi connectivity index (χ2v) is 7.19. The number of aliphatic carboxylic acids is 1. The summed E-state index contributed by atoms with van der Waals surface area (Å²) < 4.78 is 5.10. The van der Waals surface area contributed by atoms with E-state index in [0.717, 1.165) is 4.90 Å². The lowest BCUT2D eigenvalue weighted by Gasteiger charge is -2.31. The topological polar surface area (TPSA) is 116 Å². The fourth-order valence-electron chi connectivity index (χ4n) is 3.60. The maximum atomic E-state index is 12.9. The van der Waals surface area contributed by atoms with Gasteiger partial charge in [0, 0.05) is 13.1 Å². The summed E-state index contributed by atoms with van der Waals surface area (Å²) in [5.74, 6) is -1.91. The van der Waals surface area contributed by atoms with E-state index < -0.39 is 41.8 Å². The summed E-state index contributed by atoms with van der Waals surface area (Å²) in [4.78, 5) is 51.4. The highest BCUT2D eigenvalue weighted by Crippen LogP contribution is 2.30. The van der Waals surface area contributed by atoms with Crippen LogP contribution in [0.2, 0.25) is 0 Å². The molecule has 0 bridgehead atoms. The smallest absolute Gasteiger partial charge is 0.325 e. The average Bonchev–Trinajstić information content (AvgIpc) is 2.92. The molecule has 0 radical (unpaired) electrons. The molecule has 2 atom stereocenters. The molecule has 2 N–H and O–H groups in total. The van der Waals surface area contributed by atoms with E-state index in [2.05, 4.69) is 5.32 Å². The number of benzene rings is 1. The highest BCUT2D eigenvalue weighted by atomic mass is 16.5. The Labute approximate surface area is 162 Å². The molecule has 3 rings (SSSR count). The van der Waals surface area contributed by atoms with Crippen LogP contribution in [0.4, 0.5) is 4.79 Å². The predicted molar refractivity (Wildman–Crippen MR) is 97.5 cm³/mol. The zero-order valence-corrected chi connectivity index (χ0v) is 15.8. The first-order valence-electron chi connectivity index (χ1n) is 9.05. The molecule has 9 nitrogen and oxygen atoms in total. The highest BCUT2D eigenvalue weighted by molar-refractivity contribution is 6.09. The van der Waals surface area contributed by atoms with Gasteiger partial charge in [-0.3, -0.25) is 19.3 Å². The van der Waals surface area contributed by atoms with Crippen molar-refractivity contribution in [3.63, 3.8) is 0 Å². The van der Waals surface area contributed by atoms with Crippen LogP contribution in [0.5, 0.6) is 5.75 Å². The summed E-state index contributed by atoms with van der Waals surface area (Å²) in [6.07, 6.45) is 1.09. The number of nitrogens with one attached hydrogen (secondary N) is 1. The van der Waals surface area contributed by atoms with E-state index in [9.17, 15) is 19.2 Å². The van der Waals surface area contributed by atoms with Gasteiger partial charge in [-0.2, -0.15) is 0 Å². The Morgan fingerprint density at radius 3 is 2.57 bits per heavy atom. The average molecular weight is 389 g/mol. The molecule has 0 aliphatic carbocycles. The second kappa shape index (κ2) is 7.49. The van der Waals surface area contributed by atoms with Crippen molar-refractivity contribution in [1.29, 1.82) is 0 Å². The van der Waals surface area contributed by atoms with Crippen LogP contribution in [0.1, 0.15) is 25.3 Å². The maximum Gasteiger partial charge on any atom is 0.325 e. The van der Waals surface area contributed by atoms with Gasteiger partial charge >= 0.3 is 12.0 Å². The van der Waals surface area contributed by atoms with Crippen molar-refractivity contribution >= 4 is 23.8 Å². The molecular formula is C19H23N3O6. The SMILES string of the molecule is COc1ccc(C2(C)NC(=O)N(CC(=O)N3CCCC(C(=O)O)C3)C2=O)cc1. The molecule has 2 saturated heterocycles. The lowest BCUT2D eigenvalue weighted by Crippen LogP contribution is -2.48. The van der Waals surface area contributed by atoms with Crippen molar-refractivity contribution < 1.29 is 29.0 Å². The number of carbonyl (C=O) groups excluding carboxylic acids is 3. The molecule has 1 aromatic carbocycles. The monoisotopic (exact) mass is 389 g/mol. The molecule has 4 amide bonds. The predicted octanol–water partition coefficient (Wildman–Crippen LogP) is 0.785. The Bertz CT molecular complexity index is 808. The van der Waals surface area contributed by atoms with Gasteiger partial charge in [0.05, 0.1) is 13.0 Å². The third-order valence-corrected chi connectivity index (χ3v) is 5.36. The maximum absolute atomic E-state index is 12.9. The first kappa shape index (κ1) is 19.7. The number of carboxylic acid groups (broad SMARTS) is 1. The fourth-order valence-corrected chi connectivity index (χ4v) is 3.60. The van der Waals surface area contributed by atoms with Crippen molar-refractivity contribution in [3.8, 4) is 5.75 Å². The number of amides is 4. The number of hydrogen-bond donors (Lipinski definition) is 2. The molecule has 2 fully saturated rings. The molecule has 2 aliphatic heterocycles. The van der Waals surface area contributed by atoms with E-state index in [1.165, 1.54) is 12.0 Å². The van der Waals surface area contributed by atoms with Crippen LogP contribution >= 0.6 is 0 Å². The number of carbonyl (C=O) groups is 4. The molecule has 0 spiro atoms. The molecule has 28 heavy (non-hydrogen) atoms. The van der Waals surface area contributed by atoms with Crippen LogP contribution in [0.3, 0.4) is 0 Å². The zero-order valence-electron chi connectivity index (χ0n) is 15.8. The van der Waals surface area contributed by atoms with Gasteiger partial charge in [-0.15, -0.1) is 0 Å². The third kappa shape index (κ3) is 3.51. The van der Waals surface area contributed by atoms with Crippen molar-refractivity contribution in [1.82, 2.24) is 15.1 Å². The van der Waals surface area contributed by atoms with E-state index in [1.54, 1.807) is 31.2 Å². The summed E-state index contributed by atoms with van der Waals surface area (Å²) >= 11 is 0. The number of methoxy groups -OCH3 is 1. The molecule has 1 aromatic rings.